The normalized spacial score (nSPS) is 12.5. The lowest BCUT2D eigenvalue weighted by molar-refractivity contribution is -0.136. The third-order valence-corrected chi connectivity index (χ3v) is 8.21. The van der Waals surface area contributed by atoms with Crippen LogP contribution in [-0.2, 0) is 24.2 Å². The monoisotopic (exact) mass is 519 g/mol. The number of hydrogen-bond donors (Lipinski definition) is 1. The maximum absolute atomic E-state index is 12.0. The lowest BCUT2D eigenvalue weighted by Crippen LogP contribution is -2.22. The van der Waals surface area contributed by atoms with Crippen molar-refractivity contribution in [2.75, 3.05) is 10.6 Å². The minimum atomic E-state index is -0.806. The zero-order valence-electron chi connectivity index (χ0n) is 22.4. The number of fused-ring (bicyclic) bond motifs is 3. The number of carboxylic acid groups (broad SMARTS) is 1. The van der Waals surface area contributed by atoms with Gasteiger partial charge in [0.15, 0.2) is 0 Å². The molecule has 5 rings (SSSR count). The maximum atomic E-state index is 12.0. The van der Waals surface area contributed by atoms with Crippen LogP contribution in [0.3, 0.4) is 0 Å². The van der Waals surface area contributed by atoms with Crippen LogP contribution in [-0.4, -0.2) is 17.3 Å². The van der Waals surface area contributed by atoms with E-state index < -0.39 is 5.97 Å². The second-order valence-corrected chi connectivity index (χ2v) is 10.8. The number of allylic oxidation sites excluding steroid dienone is 1. The van der Waals surface area contributed by atoms with Crippen LogP contribution in [0.5, 0.6) is 0 Å². The van der Waals surface area contributed by atoms with Crippen molar-refractivity contribution >= 4 is 29.7 Å². The molecular formula is C34H33NO2S. The van der Waals surface area contributed by atoms with E-state index in [9.17, 15) is 9.90 Å². The Morgan fingerprint density at radius 1 is 0.947 bits per heavy atom. The van der Waals surface area contributed by atoms with Crippen LogP contribution in [0.1, 0.15) is 38.9 Å². The summed E-state index contributed by atoms with van der Waals surface area (Å²) in [7, 11) is 0. The van der Waals surface area contributed by atoms with Crippen molar-refractivity contribution in [2.45, 2.75) is 40.2 Å². The summed E-state index contributed by atoms with van der Waals surface area (Å²) in [6.07, 6.45) is 7.44. The highest BCUT2D eigenvalue weighted by atomic mass is 32.2. The summed E-state index contributed by atoms with van der Waals surface area (Å²) in [5.74, 6) is -0.806. The molecule has 0 amide bonds. The molecule has 1 N–H and O–H groups in total. The van der Waals surface area contributed by atoms with E-state index >= 15 is 0 Å². The smallest absolute Gasteiger partial charge is 0.307 e. The highest BCUT2D eigenvalue weighted by Gasteiger charge is 2.30. The number of carbonyl (C=O) groups is 1. The van der Waals surface area contributed by atoms with Crippen molar-refractivity contribution < 1.29 is 9.90 Å². The SMILES string of the molecule is CSN1Cc2cc(/C=C/Cc3ccccc3)ccc2-c2c(C)c(-c3ccc(C)cc3)c(CC(=O)O)c(C)c21. The molecule has 0 fully saturated rings. The summed E-state index contributed by atoms with van der Waals surface area (Å²) >= 11 is 1.69. The van der Waals surface area contributed by atoms with Crippen molar-refractivity contribution in [3.8, 4) is 22.3 Å². The Bertz CT molecular complexity index is 1520. The van der Waals surface area contributed by atoms with Crippen molar-refractivity contribution in [1.82, 2.24) is 0 Å². The second-order valence-electron chi connectivity index (χ2n) is 9.99. The molecule has 0 aromatic heterocycles. The first-order chi connectivity index (χ1) is 18.4. The van der Waals surface area contributed by atoms with Gasteiger partial charge >= 0.3 is 5.97 Å². The average molecular weight is 520 g/mol. The summed E-state index contributed by atoms with van der Waals surface area (Å²) in [6, 6.07) is 25.7. The van der Waals surface area contributed by atoms with Gasteiger partial charge in [-0.25, -0.2) is 0 Å². The molecule has 4 aromatic carbocycles. The van der Waals surface area contributed by atoms with Crippen LogP contribution in [0.25, 0.3) is 28.3 Å². The summed E-state index contributed by atoms with van der Waals surface area (Å²) in [6.45, 7) is 7.09. The Balaban J connectivity index is 1.64. The van der Waals surface area contributed by atoms with E-state index in [1.807, 2.05) is 6.07 Å². The topological polar surface area (TPSA) is 40.5 Å². The quantitative estimate of drug-likeness (QED) is 0.249. The summed E-state index contributed by atoms with van der Waals surface area (Å²) in [5.41, 5.74) is 13.8. The Hall–Kier alpha value is -3.76. The van der Waals surface area contributed by atoms with Gasteiger partial charge < -0.3 is 9.41 Å². The molecule has 0 bridgehead atoms. The van der Waals surface area contributed by atoms with E-state index in [4.69, 9.17) is 0 Å². The second kappa shape index (κ2) is 10.9. The highest BCUT2D eigenvalue weighted by molar-refractivity contribution is 7.99. The molecule has 0 aliphatic carbocycles. The minimum absolute atomic E-state index is 0.00336. The summed E-state index contributed by atoms with van der Waals surface area (Å²) in [5, 5.41) is 9.83. The average Bonchev–Trinajstić information content (AvgIpc) is 2.91. The fourth-order valence-electron chi connectivity index (χ4n) is 5.60. The first-order valence-electron chi connectivity index (χ1n) is 13.0. The summed E-state index contributed by atoms with van der Waals surface area (Å²) in [4.78, 5) is 12.0. The molecule has 0 atom stereocenters. The number of aryl methyl sites for hydroxylation is 1. The molecule has 0 radical (unpaired) electrons. The van der Waals surface area contributed by atoms with Gasteiger partial charge in [0.2, 0.25) is 0 Å². The molecule has 0 unspecified atom stereocenters. The van der Waals surface area contributed by atoms with Crippen LogP contribution in [0, 0.1) is 20.8 Å². The van der Waals surface area contributed by atoms with Gasteiger partial charge in [0.1, 0.15) is 0 Å². The number of nitrogens with zero attached hydrogens (tertiary/aromatic N) is 1. The van der Waals surface area contributed by atoms with Gasteiger partial charge in [0.25, 0.3) is 0 Å². The third kappa shape index (κ3) is 5.01. The predicted octanol–water partition coefficient (Wildman–Crippen LogP) is 8.43. The molecule has 0 spiro atoms. The molecule has 1 heterocycles. The number of carboxylic acids is 1. The van der Waals surface area contributed by atoms with Gasteiger partial charge in [-0.2, -0.15) is 0 Å². The van der Waals surface area contributed by atoms with Gasteiger partial charge in [-0.15, -0.1) is 0 Å². The molecule has 0 saturated heterocycles. The maximum Gasteiger partial charge on any atom is 0.307 e. The number of hydrogen-bond acceptors (Lipinski definition) is 3. The van der Waals surface area contributed by atoms with Gasteiger partial charge in [-0.3, -0.25) is 4.79 Å². The molecule has 3 nitrogen and oxygen atoms in total. The lowest BCUT2D eigenvalue weighted by Gasteiger charge is -2.36. The van der Waals surface area contributed by atoms with Crippen LogP contribution >= 0.6 is 11.9 Å². The van der Waals surface area contributed by atoms with E-state index in [1.165, 1.54) is 33.4 Å². The molecule has 4 heteroatoms. The Labute approximate surface area is 230 Å². The molecule has 4 aromatic rings. The first-order valence-corrected chi connectivity index (χ1v) is 14.2. The Kier molecular flexibility index (Phi) is 7.44. The number of benzene rings is 4. The zero-order chi connectivity index (χ0) is 26.8. The van der Waals surface area contributed by atoms with Crippen LogP contribution in [0.4, 0.5) is 5.69 Å². The van der Waals surface area contributed by atoms with Gasteiger partial charge in [-0.1, -0.05) is 96.4 Å². The lowest BCUT2D eigenvalue weighted by atomic mass is 9.80. The van der Waals surface area contributed by atoms with Gasteiger partial charge in [-0.05, 0) is 83.3 Å². The van der Waals surface area contributed by atoms with E-state index in [0.29, 0.717) is 0 Å². The highest BCUT2D eigenvalue weighted by Crippen LogP contribution is 2.50. The fourth-order valence-corrected chi connectivity index (χ4v) is 6.28. The van der Waals surface area contributed by atoms with Gasteiger partial charge in [0, 0.05) is 11.8 Å². The molecule has 192 valence electrons. The van der Waals surface area contributed by atoms with Crippen molar-refractivity contribution in [1.29, 1.82) is 0 Å². The largest absolute Gasteiger partial charge is 0.481 e. The van der Waals surface area contributed by atoms with Crippen LogP contribution in [0.15, 0.2) is 78.9 Å². The third-order valence-electron chi connectivity index (χ3n) is 7.45. The first kappa shape index (κ1) is 25.9. The number of rotatable bonds is 7. The molecule has 0 saturated carbocycles. The van der Waals surface area contributed by atoms with Gasteiger partial charge in [0.05, 0.1) is 18.7 Å². The number of anilines is 1. The van der Waals surface area contributed by atoms with E-state index in [0.717, 1.165) is 46.5 Å². The molecule has 38 heavy (non-hydrogen) atoms. The van der Waals surface area contributed by atoms with Crippen LogP contribution in [0.2, 0.25) is 0 Å². The van der Waals surface area contributed by atoms with Crippen molar-refractivity contribution in [2.24, 2.45) is 0 Å². The van der Waals surface area contributed by atoms with E-state index in [2.05, 4.69) is 110 Å². The Morgan fingerprint density at radius 2 is 1.68 bits per heavy atom. The molecule has 1 aliphatic rings. The number of aliphatic carboxylic acids is 1. The standard InChI is InChI=1S/C34H33NO2S/c1-22-13-16-27(17-14-22)32-24(3)33-29-18-15-26(12-8-11-25-9-6-5-7-10-25)19-28(29)21-35(38-4)34(33)23(2)30(32)20-31(36)37/h5-10,12-19H,11,20-21H2,1-4H3,(H,36,37)/b12-8+. The predicted molar refractivity (Wildman–Crippen MR) is 162 cm³/mol. The zero-order valence-corrected chi connectivity index (χ0v) is 23.2. The van der Waals surface area contributed by atoms with Crippen molar-refractivity contribution in [3.05, 3.63) is 118 Å². The van der Waals surface area contributed by atoms with Crippen molar-refractivity contribution in [3.63, 3.8) is 0 Å². The molecule has 1 aliphatic heterocycles. The van der Waals surface area contributed by atoms with E-state index in [-0.39, 0.29) is 6.42 Å². The minimum Gasteiger partial charge on any atom is -0.481 e. The Morgan fingerprint density at radius 3 is 2.37 bits per heavy atom. The van der Waals surface area contributed by atoms with E-state index in [1.54, 1.807) is 11.9 Å². The molecular weight excluding hydrogens is 486 g/mol. The van der Waals surface area contributed by atoms with Crippen LogP contribution < -0.4 is 4.31 Å². The summed E-state index contributed by atoms with van der Waals surface area (Å²) < 4.78 is 2.32. The fraction of sp³-hybridized carbons (Fsp3) is 0.206.